The number of hydrogen-bond donors (Lipinski definition) is 0. The maximum atomic E-state index is 8.50. The van der Waals surface area contributed by atoms with Gasteiger partial charge in [0.15, 0.2) is 11.5 Å². The summed E-state index contributed by atoms with van der Waals surface area (Å²) in [7, 11) is 1.65. The maximum absolute atomic E-state index is 8.50. The highest BCUT2D eigenvalue weighted by Crippen LogP contribution is 2.32. The number of rotatable bonds is 7. The lowest BCUT2D eigenvalue weighted by Crippen LogP contribution is -1.99. The molecule has 1 rings (SSSR count). The van der Waals surface area contributed by atoms with E-state index >= 15 is 0 Å². The fourth-order valence-corrected chi connectivity index (χ4v) is 2.28. The number of hydrogen-bond acceptors (Lipinski definition) is 4. The first-order valence-electron chi connectivity index (χ1n) is 6.04. The lowest BCUT2D eigenvalue weighted by Gasteiger charge is -2.14. The van der Waals surface area contributed by atoms with Crippen molar-refractivity contribution in [2.45, 2.75) is 26.2 Å². The molecule has 0 radical (unpaired) electrons. The van der Waals surface area contributed by atoms with E-state index in [1.54, 1.807) is 7.11 Å². The lowest BCUT2D eigenvalue weighted by molar-refractivity contribution is 0.310. The molecule has 0 aliphatic heterocycles. The molecule has 1 unspecified atom stereocenters. The van der Waals surface area contributed by atoms with Gasteiger partial charge in [-0.15, -0.1) is 0 Å². The minimum atomic E-state index is 0.412. The van der Waals surface area contributed by atoms with Crippen molar-refractivity contribution in [3.05, 3.63) is 23.8 Å². The molecule has 0 amide bonds. The molecule has 0 fully saturated rings. The molecular formula is C14H19NO2S. The molecule has 0 N–H and O–H groups in total. The molecule has 3 nitrogen and oxygen atoms in total. The van der Waals surface area contributed by atoms with Crippen molar-refractivity contribution in [2.24, 2.45) is 0 Å². The zero-order chi connectivity index (χ0) is 13.4. The summed E-state index contributed by atoms with van der Waals surface area (Å²) in [6.07, 6.45) is 0.982. The van der Waals surface area contributed by atoms with Gasteiger partial charge in [0.05, 0.1) is 13.7 Å². The number of nitrogens with zero attached hydrogens (tertiary/aromatic N) is 1. The van der Waals surface area contributed by atoms with Crippen molar-refractivity contribution in [2.75, 3.05) is 19.5 Å². The first-order chi connectivity index (χ1) is 8.72. The van der Waals surface area contributed by atoms with E-state index in [1.807, 2.05) is 19.1 Å². The first kappa shape index (κ1) is 14.7. The topological polar surface area (TPSA) is 42.2 Å². The molecule has 18 heavy (non-hydrogen) atoms. The van der Waals surface area contributed by atoms with Gasteiger partial charge >= 0.3 is 0 Å². The average Bonchev–Trinajstić information content (AvgIpc) is 2.39. The Hall–Kier alpha value is -1.34. The second-order valence-electron chi connectivity index (χ2n) is 3.97. The number of benzene rings is 1. The highest BCUT2D eigenvalue weighted by atomic mass is 32.2. The Balaban J connectivity index is 2.75. The number of methoxy groups -OCH3 is 1. The molecule has 0 saturated heterocycles. The van der Waals surface area contributed by atoms with Crippen LogP contribution in [0.2, 0.25) is 0 Å². The van der Waals surface area contributed by atoms with Crippen LogP contribution in [0.5, 0.6) is 11.5 Å². The van der Waals surface area contributed by atoms with E-state index in [0.717, 1.165) is 23.7 Å². The molecule has 0 saturated carbocycles. The molecule has 1 atom stereocenters. The fraction of sp³-hybridized carbons (Fsp3) is 0.500. The summed E-state index contributed by atoms with van der Waals surface area (Å²) in [4.78, 5) is 0. The molecule has 4 heteroatoms. The van der Waals surface area contributed by atoms with Gasteiger partial charge in [0.2, 0.25) is 0 Å². The summed E-state index contributed by atoms with van der Waals surface area (Å²) in [5, 5.41) is 10.6. The van der Waals surface area contributed by atoms with E-state index in [9.17, 15) is 0 Å². The summed E-state index contributed by atoms with van der Waals surface area (Å²) in [6, 6.07) is 6.04. The molecule has 1 aromatic carbocycles. The lowest BCUT2D eigenvalue weighted by atomic mass is 9.98. The van der Waals surface area contributed by atoms with Gasteiger partial charge in [-0.25, -0.2) is 0 Å². The smallest absolute Gasteiger partial charge is 0.161 e. The summed E-state index contributed by atoms with van der Waals surface area (Å²) >= 11 is 1.30. The first-order valence-corrected chi connectivity index (χ1v) is 7.03. The van der Waals surface area contributed by atoms with Gasteiger partial charge in [-0.2, -0.15) is 5.26 Å². The van der Waals surface area contributed by atoms with Crippen LogP contribution in [-0.2, 0) is 0 Å². The van der Waals surface area contributed by atoms with Crippen LogP contribution in [-0.4, -0.2) is 19.5 Å². The quantitative estimate of drug-likeness (QED) is 0.555. The van der Waals surface area contributed by atoms with Crippen LogP contribution in [0.3, 0.4) is 0 Å². The second-order valence-corrected chi connectivity index (χ2v) is 4.85. The molecule has 98 valence electrons. The third-order valence-corrected chi connectivity index (χ3v) is 3.34. The van der Waals surface area contributed by atoms with E-state index in [2.05, 4.69) is 18.4 Å². The van der Waals surface area contributed by atoms with Crippen molar-refractivity contribution < 1.29 is 9.47 Å². The van der Waals surface area contributed by atoms with Crippen LogP contribution in [0, 0.1) is 10.7 Å². The predicted octanol–water partition coefficient (Wildman–Crippen LogP) is 3.80. The minimum Gasteiger partial charge on any atom is -0.493 e. The molecule has 1 aromatic rings. The highest BCUT2D eigenvalue weighted by Gasteiger charge is 2.10. The Kier molecular flexibility index (Phi) is 6.45. The summed E-state index contributed by atoms with van der Waals surface area (Å²) in [5.41, 5.74) is 1.22. The van der Waals surface area contributed by atoms with Gasteiger partial charge < -0.3 is 9.47 Å². The van der Waals surface area contributed by atoms with E-state index in [-0.39, 0.29) is 0 Å². The predicted molar refractivity (Wildman–Crippen MR) is 75.3 cm³/mol. The molecule has 0 aliphatic carbocycles. The Morgan fingerprint density at radius 3 is 2.78 bits per heavy atom. The Bertz CT molecular complexity index is 415. The monoisotopic (exact) mass is 265 g/mol. The second kappa shape index (κ2) is 7.88. The zero-order valence-electron chi connectivity index (χ0n) is 11.1. The van der Waals surface area contributed by atoms with Gasteiger partial charge in [-0.3, -0.25) is 0 Å². The summed E-state index contributed by atoms with van der Waals surface area (Å²) in [5.74, 6) is 2.82. The molecular weight excluding hydrogens is 246 g/mol. The third-order valence-electron chi connectivity index (χ3n) is 2.77. The number of nitriles is 1. The zero-order valence-corrected chi connectivity index (χ0v) is 11.9. The van der Waals surface area contributed by atoms with E-state index < -0.39 is 0 Å². The van der Waals surface area contributed by atoms with Crippen molar-refractivity contribution >= 4 is 11.8 Å². The number of thiocyanates is 1. The standard InChI is InChI=1S/C14H19NO2S/c1-4-17-13-6-5-12(9-14(13)16-3)11(2)7-8-18-10-15/h5-6,9,11H,4,7-8H2,1-3H3. The number of ether oxygens (including phenoxy) is 2. The van der Waals surface area contributed by atoms with Crippen molar-refractivity contribution in [3.8, 4) is 16.9 Å². The van der Waals surface area contributed by atoms with Crippen LogP contribution in [0.25, 0.3) is 0 Å². The van der Waals surface area contributed by atoms with Crippen molar-refractivity contribution in [1.29, 1.82) is 5.26 Å². The Morgan fingerprint density at radius 1 is 1.39 bits per heavy atom. The Morgan fingerprint density at radius 2 is 2.17 bits per heavy atom. The fourth-order valence-electron chi connectivity index (χ4n) is 1.71. The molecule has 0 heterocycles. The van der Waals surface area contributed by atoms with E-state index in [1.165, 1.54) is 17.3 Å². The van der Waals surface area contributed by atoms with Crippen LogP contribution in [0.1, 0.15) is 31.7 Å². The van der Waals surface area contributed by atoms with Gasteiger partial charge in [0.25, 0.3) is 0 Å². The summed E-state index contributed by atoms with van der Waals surface area (Å²) in [6.45, 7) is 4.74. The van der Waals surface area contributed by atoms with E-state index in [4.69, 9.17) is 14.7 Å². The van der Waals surface area contributed by atoms with Gasteiger partial charge in [0, 0.05) is 5.75 Å². The molecule has 0 aliphatic rings. The Labute approximate surface area is 113 Å². The van der Waals surface area contributed by atoms with Crippen LogP contribution >= 0.6 is 11.8 Å². The average molecular weight is 265 g/mol. The van der Waals surface area contributed by atoms with Gasteiger partial charge in [0.1, 0.15) is 5.40 Å². The highest BCUT2D eigenvalue weighted by molar-refractivity contribution is 8.03. The van der Waals surface area contributed by atoms with Crippen LogP contribution in [0.4, 0.5) is 0 Å². The summed E-state index contributed by atoms with van der Waals surface area (Å²) < 4.78 is 10.8. The van der Waals surface area contributed by atoms with Crippen molar-refractivity contribution in [3.63, 3.8) is 0 Å². The van der Waals surface area contributed by atoms with Gasteiger partial charge in [-0.1, -0.05) is 13.0 Å². The molecule has 0 bridgehead atoms. The van der Waals surface area contributed by atoms with Crippen LogP contribution in [0.15, 0.2) is 18.2 Å². The SMILES string of the molecule is CCOc1ccc(C(C)CCSC#N)cc1OC. The third kappa shape index (κ3) is 4.15. The van der Waals surface area contributed by atoms with Crippen LogP contribution < -0.4 is 9.47 Å². The largest absolute Gasteiger partial charge is 0.493 e. The normalized spacial score (nSPS) is 11.7. The number of thioether (sulfide) groups is 1. The minimum absolute atomic E-state index is 0.412. The molecule has 0 aromatic heterocycles. The van der Waals surface area contributed by atoms with E-state index in [0.29, 0.717) is 12.5 Å². The molecule has 0 spiro atoms. The van der Waals surface area contributed by atoms with Crippen molar-refractivity contribution in [1.82, 2.24) is 0 Å². The van der Waals surface area contributed by atoms with Gasteiger partial charge in [-0.05, 0) is 48.7 Å². The maximum Gasteiger partial charge on any atom is 0.161 e.